The number of nitrogens with one attached hydrogen (secondary N) is 1. The smallest absolute Gasteiger partial charge is 0.271 e. The SMILES string of the molecule is CCCCC(N)c1nc(C(=O)NCc2ccc(OC)c(OC)c2)cs1. The third-order valence-electron chi connectivity index (χ3n) is 3.84. The molecule has 1 aromatic carbocycles. The van der Waals surface area contributed by atoms with Gasteiger partial charge in [0.1, 0.15) is 10.7 Å². The van der Waals surface area contributed by atoms with Crippen molar-refractivity contribution in [2.75, 3.05) is 14.2 Å². The second-order valence-corrected chi connectivity index (χ2v) is 6.58. The van der Waals surface area contributed by atoms with Crippen molar-refractivity contribution < 1.29 is 14.3 Å². The number of ether oxygens (including phenoxy) is 2. The Hall–Kier alpha value is -2.12. The Morgan fingerprint density at radius 1 is 1.32 bits per heavy atom. The molecule has 25 heavy (non-hydrogen) atoms. The van der Waals surface area contributed by atoms with Gasteiger partial charge >= 0.3 is 0 Å². The van der Waals surface area contributed by atoms with Gasteiger partial charge < -0.3 is 20.5 Å². The second kappa shape index (κ2) is 9.39. The summed E-state index contributed by atoms with van der Waals surface area (Å²) in [5, 5.41) is 5.43. The molecule has 2 rings (SSSR count). The van der Waals surface area contributed by atoms with Crippen molar-refractivity contribution in [2.45, 2.75) is 38.8 Å². The van der Waals surface area contributed by atoms with Gasteiger partial charge in [0.05, 0.1) is 20.3 Å². The molecule has 0 aliphatic carbocycles. The summed E-state index contributed by atoms with van der Waals surface area (Å²) in [6, 6.07) is 5.44. The van der Waals surface area contributed by atoms with Crippen LogP contribution in [0, 0.1) is 0 Å². The number of benzene rings is 1. The Morgan fingerprint density at radius 2 is 2.08 bits per heavy atom. The van der Waals surface area contributed by atoms with E-state index < -0.39 is 0 Å². The molecule has 1 atom stereocenters. The van der Waals surface area contributed by atoms with Crippen LogP contribution in [0.3, 0.4) is 0 Å². The standard InChI is InChI=1S/C18H25N3O3S/c1-4-5-6-13(19)18-21-14(11-25-18)17(22)20-10-12-7-8-15(23-2)16(9-12)24-3/h7-9,11,13H,4-6,10,19H2,1-3H3,(H,20,22). The van der Waals surface area contributed by atoms with E-state index in [-0.39, 0.29) is 11.9 Å². The summed E-state index contributed by atoms with van der Waals surface area (Å²) in [6.07, 6.45) is 3.04. The van der Waals surface area contributed by atoms with Gasteiger partial charge in [-0.05, 0) is 24.1 Å². The molecule has 0 fully saturated rings. The normalized spacial score (nSPS) is 11.8. The molecule has 0 bridgehead atoms. The predicted molar refractivity (Wildman–Crippen MR) is 99.3 cm³/mol. The van der Waals surface area contributed by atoms with Crippen molar-refractivity contribution in [1.29, 1.82) is 0 Å². The molecule has 0 saturated carbocycles. The lowest BCUT2D eigenvalue weighted by Gasteiger charge is -2.10. The third-order valence-corrected chi connectivity index (χ3v) is 4.82. The first-order valence-electron chi connectivity index (χ1n) is 8.29. The Kier molecular flexibility index (Phi) is 7.21. The summed E-state index contributed by atoms with van der Waals surface area (Å²) in [6.45, 7) is 2.51. The molecule has 0 aliphatic rings. The number of nitrogens with zero attached hydrogens (tertiary/aromatic N) is 1. The van der Waals surface area contributed by atoms with Crippen LogP contribution in [0.25, 0.3) is 0 Å². The van der Waals surface area contributed by atoms with E-state index in [2.05, 4.69) is 17.2 Å². The van der Waals surface area contributed by atoms with Crippen LogP contribution in [0.2, 0.25) is 0 Å². The number of unbranched alkanes of at least 4 members (excludes halogenated alkanes) is 1. The largest absolute Gasteiger partial charge is 0.493 e. The van der Waals surface area contributed by atoms with Crippen LogP contribution in [0.1, 0.15) is 53.3 Å². The molecule has 1 aromatic heterocycles. The molecule has 0 aliphatic heterocycles. The van der Waals surface area contributed by atoms with E-state index in [1.54, 1.807) is 19.6 Å². The maximum absolute atomic E-state index is 12.3. The number of carbonyl (C=O) groups excluding carboxylic acids is 1. The van der Waals surface area contributed by atoms with Crippen molar-refractivity contribution in [3.63, 3.8) is 0 Å². The summed E-state index contributed by atoms with van der Waals surface area (Å²) >= 11 is 1.44. The van der Waals surface area contributed by atoms with Crippen LogP contribution in [0.5, 0.6) is 11.5 Å². The van der Waals surface area contributed by atoms with Gasteiger partial charge in [-0.25, -0.2) is 4.98 Å². The summed E-state index contributed by atoms with van der Waals surface area (Å²) in [5.41, 5.74) is 7.44. The number of methoxy groups -OCH3 is 2. The van der Waals surface area contributed by atoms with Crippen molar-refractivity contribution in [3.05, 3.63) is 39.8 Å². The molecular formula is C18H25N3O3S. The molecular weight excluding hydrogens is 338 g/mol. The van der Waals surface area contributed by atoms with E-state index in [9.17, 15) is 4.79 Å². The van der Waals surface area contributed by atoms with Gasteiger partial charge in [-0.15, -0.1) is 11.3 Å². The maximum Gasteiger partial charge on any atom is 0.271 e. The number of hydrogen-bond acceptors (Lipinski definition) is 6. The Morgan fingerprint density at radius 3 is 2.76 bits per heavy atom. The van der Waals surface area contributed by atoms with E-state index in [0.717, 1.165) is 29.8 Å². The highest BCUT2D eigenvalue weighted by Crippen LogP contribution is 2.27. The Balaban J connectivity index is 1.95. The fourth-order valence-electron chi connectivity index (χ4n) is 2.37. The first-order chi connectivity index (χ1) is 12.1. The lowest BCUT2D eigenvalue weighted by atomic mass is 10.1. The van der Waals surface area contributed by atoms with Crippen LogP contribution in [-0.2, 0) is 6.54 Å². The van der Waals surface area contributed by atoms with Crippen molar-refractivity contribution in [2.24, 2.45) is 5.73 Å². The molecule has 6 nitrogen and oxygen atoms in total. The Bertz CT molecular complexity index is 703. The van der Waals surface area contributed by atoms with Crippen molar-refractivity contribution in [1.82, 2.24) is 10.3 Å². The third kappa shape index (κ3) is 5.17. The average molecular weight is 363 g/mol. The van der Waals surface area contributed by atoms with Crippen molar-refractivity contribution in [3.8, 4) is 11.5 Å². The molecule has 1 heterocycles. The number of aromatic nitrogens is 1. The summed E-state index contributed by atoms with van der Waals surface area (Å²) < 4.78 is 10.5. The molecule has 1 amide bonds. The molecule has 0 saturated heterocycles. The van der Waals surface area contributed by atoms with Crippen LogP contribution in [0.4, 0.5) is 0 Å². The monoisotopic (exact) mass is 363 g/mol. The molecule has 2 aromatic rings. The number of carbonyl (C=O) groups is 1. The summed E-state index contributed by atoms with van der Waals surface area (Å²) in [5.74, 6) is 1.08. The molecule has 0 radical (unpaired) electrons. The highest BCUT2D eigenvalue weighted by Gasteiger charge is 2.15. The minimum atomic E-state index is -0.208. The second-order valence-electron chi connectivity index (χ2n) is 5.69. The number of nitrogens with two attached hydrogens (primary N) is 1. The van der Waals surface area contributed by atoms with Crippen molar-refractivity contribution >= 4 is 17.2 Å². The van der Waals surface area contributed by atoms with Crippen LogP contribution >= 0.6 is 11.3 Å². The zero-order valence-corrected chi connectivity index (χ0v) is 15.7. The van der Waals surface area contributed by atoms with E-state index in [1.807, 2.05) is 18.2 Å². The quantitative estimate of drug-likeness (QED) is 0.714. The first-order valence-corrected chi connectivity index (χ1v) is 9.17. The Labute approximate surface area is 152 Å². The van der Waals surface area contributed by atoms with Gasteiger partial charge in [0, 0.05) is 11.9 Å². The first kappa shape index (κ1) is 19.2. The van der Waals surface area contributed by atoms with E-state index >= 15 is 0 Å². The fraction of sp³-hybridized carbons (Fsp3) is 0.444. The molecule has 7 heteroatoms. The minimum Gasteiger partial charge on any atom is -0.493 e. The maximum atomic E-state index is 12.3. The zero-order chi connectivity index (χ0) is 18.2. The van der Waals surface area contributed by atoms with E-state index in [1.165, 1.54) is 11.3 Å². The molecule has 1 unspecified atom stereocenters. The van der Waals surface area contributed by atoms with Gasteiger partial charge in [-0.2, -0.15) is 0 Å². The minimum absolute atomic E-state index is 0.0997. The van der Waals surface area contributed by atoms with Gasteiger partial charge in [0.2, 0.25) is 0 Å². The van der Waals surface area contributed by atoms with E-state index in [0.29, 0.717) is 23.7 Å². The molecule has 3 N–H and O–H groups in total. The number of thiazole rings is 1. The molecule has 0 spiro atoms. The molecule has 136 valence electrons. The van der Waals surface area contributed by atoms with Crippen LogP contribution in [-0.4, -0.2) is 25.1 Å². The van der Waals surface area contributed by atoms with Gasteiger partial charge in [-0.3, -0.25) is 4.79 Å². The summed E-state index contributed by atoms with van der Waals surface area (Å²) in [7, 11) is 3.17. The van der Waals surface area contributed by atoms with Gasteiger partial charge in [0.25, 0.3) is 5.91 Å². The lowest BCUT2D eigenvalue weighted by molar-refractivity contribution is 0.0946. The summed E-state index contributed by atoms with van der Waals surface area (Å²) in [4.78, 5) is 16.7. The predicted octanol–water partition coefficient (Wildman–Crippen LogP) is 3.28. The van der Waals surface area contributed by atoms with Gasteiger partial charge in [0.15, 0.2) is 11.5 Å². The highest BCUT2D eigenvalue weighted by atomic mass is 32.1. The van der Waals surface area contributed by atoms with Gasteiger partial charge in [-0.1, -0.05) is 25.8 Å². The van der Waals surface area contributed by atoms with E-state index in [4.69, 9.17) is 15.2 Å². The number of rotatable bonds is 9. The van der Waals surface area contributed by atoms with Crippen LogP contribution < -0.4 is 20.5 Å². The topological polar surface area (TPSA) is 86.5 Å². The number of hydrogen-bond donors (Lipinski definition) is 2. The fourth-order valence-corrected chi connectivity index (χ4v) is 3.21. The van der Waals surface area contributed by atoms with Crippen LogP contribution in [0.15, 0.2) is 23.6 Å². The lowest BCUT2D eigenvalue weighted by Crippen LogP contribution is -2.23. The zero-order valence-electron chi connectivity index (χ0n) is 14.9. The number of amides is 1. The highest BCUT2D eigenvalue weighted by molar-refractivity contribution is 7.09. The average Bonchev–Trinajstić information content (AvgIpc) is 3.14.